The van der Waals surface area contributed by atoms with Gasteiger partial charge in [-0.3, -0.25) is 14.2 Å². The molecule has 1 fully saturated rings. The van der Waals surface area contributed by atoms with Gasteiger partial charge in [-0.05, 0) is 48.6 Å². The Morgan fingerprint density at radius 1 is 1.27 bits per heavy atom. The summed E-state index contributed by atoms with van der Waals surface area (Å²) in [5.74, 6) is 0.454. The van der Waals surface area contributed by atoms with E-state index in [1.165, 1.54) is 35.2 Å². The summed E-state index contributed by atoms with van der Waals surface area (Å²) in [5, 5.41) is 1.32. The molecular weight excluding hydrogens is 459 g/mol. The molecule has 33 heavy (non-hydrogen) atoms. The molecule has 0 bridgehead atoms. The first kappa shape index (κ1) is 22.0. The SMILES string of the molecule is C[C@@H]1CCCN(C(=O)CSc2nc3c(sc4ncccc43)c(=O)n2Cc2ccc(F)cc2)C1. The molecule has 0 aliphatic carbocycles. The van der Waals surface area contributed by atoms with Crippen LogP contribution >= 0.6 is 23.1 Å². The number of amides is 1. The average molecular weight is 483 g/mol. The van der Waals surface area contributed by atoms with Crippen LogP contribution in [-0.4, -0.2) is 44.2 Å². The van der Waals surface area contributed by atoms with Gasteiger partial charge in [-0.2, -0.15) is 0 Å². The molecular formula is C24H23FN4O2S2. The van der Waals surface area contributed by atoms with Crippen LogP contribution in [0.4, 0.5) is 4.39 Å². The topological polar surface area (TPSA) is 68.1 Å². The fourth-order valence-corrected chi connectivity index (χ4v) is 6.12. The molecule has 1 aliphatic rings. The van der Waals surface area contributed by atoms with Crippen LogP contribution in [-0.2, 0) is 11.3 Å². The lowest BCUT2D eigenvalue weighted by Crippen LogP contribution is -2.40. The number of fused-ring (bicyclic) bond motifs is 3. The van der Waals surface area contributed by atoms with Crippen molar-refractivity contribution in [2.24, 2.45) is 5.92 Å². The second-order valence-corrected chi connectivity index (χ2v) is 10.4. The molecule has 170 valence electrons. The van der Waals surface area contributed by atoms with Crippen LogP contribution < -0.4 is 5.56 Å². The zero-order valence-electron chi connectivity index (χ0n) is 18.2. The number of pyridine rings is 1. The zero-order chi connectivity index (χ0) is 22.9. The Hall–Kier alpha value is -2.78. The van der Waals surface area contributed by atoms with Crippen molar-refractivity contribution in [2.75, 3.05) is 18.8 Å². The third-order valence-electron chi connectivity index (χ3n) is 5.91. The van der Waals surface area contributed by atoms with Gasteiger partial charge in [0.2, 0.25) is 5.91 Å². The lowest BCUT2D eigenvalue weighted by atomic mass is 10.0. The molecule has 0 radical (unpaired) electrons. The van der Waals surface area contributed by atoms with Gasteiger partial charge in [0.15, 0.2) is 5.16 Å². The third kappa shape index (κ3) is 4.52. The Bertz CT molecular complexity index is 1380. The van der Waals surface area contributed by atoms with Gasteiger partial charge >= 0.3 is 0 Å². The number of rotatable bonds is 5. The highest BCUT2D eigenvalue weighted by Gasteiger charge is 2.23. The van der Waals surface area contributed by atoms with Crippen molar-refractivity contribution in [1.29, 1.82) is 0 Å². The summed E-state index contributed by atoms with van der Waals surface area (Å²) in [6.45, 7) is 3.97. The van der Waals surface area contributed by atoms with Gasteiger partial charge < -0.3 is 4.90 Å². The highest BCUT2D eigenvalue weighted by Crippen LogP contribution is 2.31. The van der Waals surface area contributed by atoms with Crippen molar-refractivity contribution < 1.29 is 9.18 Å². The highest BCUT2D eigenvalue weighted by molar-refractivity contribution is 7.99. The standard InChI is InChI=1S/C24H23FN4O2S2/c1-15-4-3-11-28(12-15)19(30)14-32-24-27-20-18-5-2-10-26-22(18)33-21(20)23(31)29(24)13-16-6-8-17(25)9-7-16/h2,5-10,15H,3-4,11-14H2,1H3/t15-/m1/s1. The summed E-state index contributed by atoms with van der Waals surface area (Å²) in [6.07, 6.45) is 3.86. The molecule has 0 N–H and O–H groups in total. The van der Waals surface area contributed by atoms with Gasteiger partial charge in [-0.1, -0.05) is 30.8 Å². The normalized spacial score (nSPS) is 16.5. The average Bonchev–Trinajstić information content (AvgIpc) is 3.20. The third-order valence-corrected chi connectivity index (χ3v) is 7.96. The first-order valence-electron chi connectivity index (χ1n) is 10.9. The van der Waals surface area contributed by atoms with Crippen LogP contribution in [0.25, 0.3) is 20.4 Å². The van der Waals surface area contributed by atoms with E-state index >= 15 is 0 Å². The summed E-state index contributed by atoms with van der Waals surface area (Å²) in [7, 11) is 0. The Morgan fingerprint density at radius 3 is 2.88 bits per heavy atom. The fourth-order valence-electron chi connectivity index (χ4n) is 4.20. The molecule has 0 saturated carbocycles. The number of thioether (sulfide) groups is 1. The fraction of sp³-hybridized carbons (Fsp3) is 0.333. The summed E-state index contributed by atoms with van der Waals surface area (Å²) < 4.78 is 15.5. The molecule has 4 heterocycles. The summed E-state index contributed by atoms with van der Waals surface area (Å²) in [6, 6.07) is 9.81. The van der Waals surface area contributed by atoms with Crippen molar-refractivity contribution in [3.63, 3.8) is 0 Å². The number of nitrogens with zero attached hydrogens (tertiary/aromatic N) is 4. The summed E-state index contributed by atoms with van der Waals surface area (Å²) >= 11 is 2.60. The van der Waals surface area contributed by atoms with Crippen LogP contribution in [0, 0.1) is 11.7 Å². The lowest BCUT2D eigenvalue weighted by molar-refractivity contribution is -0.130. The minimum absolute atomic E-state index is 0.0612. The van der Waals surface area contributed by atoms with E-state index in [0.29, 0.717) is 21.3 Å². The number of hydrogen-bond donors (Lipinski definition) is 0. The van der Waals surface area contributed by atoms with E-state index in [-0.39, 0.29) is 29.6 Å². The van der Waals surface area contributed by atoms with Crippen LogP contribution in [0.2, 0.25) is 0 Å². The van der Waals surface area contributed by atoms with Crippen LogP contribution in [0.3, 0.4) is 0 Å². The van der Waals surface area contributed by atoms with Gasteiger partial charge in [0.25, 0.3) is 5.56 Å². The van der Waals surface area contributed by atoms with E-state index < -0.39 is 0 Å². The minimum Gasteiger partial charge on any atom is -0.342 e. The molecule has 1 aliphatic heterocycles. The number of carbonyl (C=O) groups excluding carboxylic acids is 1. The van der Waals surface area contributed by atoms with Crippen molar-refractivity contribution in [2.45, 2.75) is 31.5 Å². The second kappa shape index (κ2) is 9.23. The van der Waals surface area contributed by atoms with E-state index in [1.54, 1.807) is 22.9 Å². The highest BCUT2D eigenvalue weighted by atomic mass is 32.2. The molecule has 4 aromatic rings. The number of likely N-dealkylation sites (tertiary alicyclic amines) is 1. The Kier molecular flexibility index (Phi) is 6.16. The second-order valence-electron chi connectivity index (χ2n) is 8.42. The van der Waals surface area contributed by atoms with E-state index in [2.05, 4.69) is 11.9 Å². The van der Waals surface area contributed by atoms with Gasteiger partial charge in [0.05, 0.1) is 17.8 Å². The van der Waals surface area contributed by atoms with Gasteiger partial charge in [0, 0.05) is 24.7 Å². The van der Waals surface area contributed by atoms with Crippen molar-refractivity contribution in [3.8, 4) is 0 Å². The van der Waals surface area contributed by atoms with E-state index in [0.717, 1.165) is 41.7 Å². The Morgan fingerprint density at radius 2 is 2.09 bits per heavy atom. The van der Waals surface area contributed by atoms with E-state index in [4.69, 9.17) is 4.98 Å². The molecule has 5 rings (SSSR count). The van der Waals surface area contributed by atoms with Crippen molar-refractivity contribution in [1.82, 2.24) is 19.4 Å². The maximum atomic E-state index is 13.5. The summed E-state index contributed by atoms with van der Waals surface area (Å²) in [4.78, 5) is 38.2. The zero-order valence-corrected chi connectivity index (χ0v) is 19.8. The number of aromatic nitrogens is 3. The molecule has 1 atom stereocenters. The van der Waals surface area contributed by atoms with Crippen LogP contribution in [0.15, 0.2) is 52.5 Å². The lowest BCUT2D eigenvalue weighted by Gasteiger charge is -2.30. The maximum Gasteiger partial charge on any atom is 0.272 e. The predicted molar refractivity (Wildman–Crippen MR) is 130 cm³/mol. The maximum absolute atomic E-state index is 13.5. The predicted octanol–water partition coefficient (Wildman–Crippen LogP) is 4.54. The molecule has 1 amide bonds. The molecule has 1 aromatic carbocycles. The molecule has 3 aromatic heterocycles. The molecule has 0 unspecified atom stereocenters. The number of benzene rings is 1. The minimum atomic E-state index is -0.328. The van der Waals surface area contributed by atoms with E-state index in [1.807, 2.05) is 17.0 Å². The smallest absolute Gasteiger partial charge is 0.272 e. The number of carbonyl (C=O) groups is 1. The number of halogens is 1. The molecule has 9 heteroatoms. The largest absolute Gasteiger partial charge is 0.342 e. The summed E-state index contributed by atoms with van der Waals surface area (Å²) in [5.41, 5.74) is 1.23. The Balaban J connectivity index is 1.52. The first-order chi connectivity index (χ1) is 16.0. The van der Waals surface area contributed by atoms with Gasteiger partial charge in [-0.25, -0.2) is 14.4 Å². The van der Waals surface area contributed by atoms with Gasteiger partial charge in [0.1, 0.15) is 15.3 Å². The quantitative estimate of drug-likeness (QED) is 0.309. The number of piperidine rings is 1. The van der Waals surface area contributed by atoms with Crippen LogP contribution in [0.5, 0.6) is 0 Å². The van der Waals surface area contributed by atoms with Gasteiger partial charge in [-0.15, -0.1) is 11.3 Å². The monoisotopic (exact) mass is 482 g/mol. The number of hydrogen-bond acceptors (Lipinski definition) is 6. The molecule has 6 nitrogen and oxygen atoms in total. The molecule has 1 saturated heterocycles. The van der Waals surface area contributed by atoms with E-state index in [9.17, 15) is 14.0 Å². The van der Waals surface area contributed by atoms with Crippen molar-refractivity contribution >= 4 is 49.4 Å². The number of thiophene rings is 1. The Labute approximate surface area is 198 Å². The van der Waals surface area contributed by atoms with Crippen molar-refractivity contribution in [3.05, 3.63) is 64.3 Å². The molecule has 0 spiro atoms. The first-order valence-corrected chi connectivity index (χ1v) is 12.7. The van der Waals surface area contributed by atoms with Crippen LogP contribution in [0.1, 0.15) is 25.3 Å².